The van der Waals surface area contributed by atoms with E-state index in [2.05, 4.69) is 15.2 Å². The summed E-state index contributed by atoms with van der Waals surface area (Å²) in [6.45, 7) is 5.63. The van der Waals surface area contributed by atoms with Gasteiger partial charge >= 0.3 is 5.97 Å². The number of carbonyl (C=O) groups is 2. The van der Waals surface area contributed by atoms with Gasteiger partial charge in [0.2, 0.25) is 5.56 Å². The number of aliphatic hydroxyl groups excluding tert-OH is 1. The third-order valence-electron chi connectivity index (χ3n) is 12.2. The third kappa shape index (κ3) is 8.52. The molecule has 1 amide bonds. The van der Waals surface area contributed by atoms with Crippen molar-refractivity contribution in [3.63, 3.8) is 0 Å². The maximum Gasteiger partial charge on any atom is 0.317 e. The lowest BCUT2D eigenvalue weighted by Crippen LogP contribution is -2.55. The second-order valence-electron chi connectivity index (χ2n) is 15.8. The molecule has 9 rings (SSSR count). The Labute approximate surface area is 332 Å². The number of fused-ring (bicyclic) bond motifs is 4. The van der Waals surface area contributed by atoms with Crippen molar-refractivity contribution in [2.45, 2.75) is 63.1 Å². The van der Waals surface area contributed by atoms with E-state index in [1.807, 2.05) is 83.8 Å². The molecular formula is C46H50N4O7. The number of hydrogen-bond donors (Lipinski definition) is 4. The van der Waals surface area contributed by atoms with Gasteiger partial charge in [-0.05, 0) is 96.8 Å². The molecule has 5 heterocycles. The molecule has 11 nitrogen and oxygen atoms in total. The molecule has 4 fully saturated rings. The van der Waals surface area contributed by atoms with E-state index in [1.54, 1.807) is 12.1 Å². The number of nitrogens with one attached hydrogen (secondary N) is 2. The van der Waals surface area contributed by atoms with Crippen LogP contribution in [0.15, 0.2) is 108 Å². The second-order valence-corrected chi connectivity index (χ2v) is 15.8. The number of aromatic amines is 1. The van der Waals surface area contributed by atoms with Crippen molar-refractivity contribution in [3.8, 4) is 5.75 Å². The Morgan fingerprint density at radius 2 is 1.49 bits per heavy atom. The highest BCUT2D eigenvalue weighted by Crippen LogP contribution is 2.39. The molecule has 57 heavy (non-hydrogen) atoms. The number of piperidine rings is 4. The smallest absolute Gasteiger partial charge is 0.317 e. The number of aromatic nitrogens is 1. The number of aromatic hydroxyl groups is 1. The second kappa shape index (κ2) is 17.0. The summed E-state index contributed by atoms with van der Waals surface area (Å²) < 4.78 is 12.3. The molecule has 296 valence electrons. The molecule has 4 saturated heterocycles. The van der Waals surface area contributed by atoms with Gasteiger partial charge in [0.25, 0.3) is 5.91 Å². The Kier molecular flexibility index (Phi) is 11.5. The van der Waals surface area contributed by atoms with Gasteiger partial charge in [-0.25, -0.2) is 0 Å². The number of benzene rings is 4. The average Bonchev–Trinajstić information content (AvgIpc) is 3.25. The standard InChI is InChI=1S/C46H50N4O7/c51-39-16-14-37(38-15-17-42(53)48-43(38)39)40(52)27-47-26-31-6-8-32(9-7-31)29-56-30-33-10-12-35(13-11-33)44(54)50-24-20-46(21-25-50,36-4-2-1-3-5-36)45(55)57-41-28-49-22-18-34(41)19-23-49/h1-17,34,40-41,47,51-52H,18-30H2,(H,48,53)/t40-,41-/m0/s1. The van der Waals surface area contributed by atoms with Crippen molar-refractivity contribution < 1.29 is 29.3 Å². The van der Waals surface area contributed by atoms with Gasteiger partial charge in [-0.2, -0.15) is 0 Å². The van der Waals surface area contributed by atoms with Crippen LogP contribution in [0.3, 0.4) is 0 Å². The van der Waals surface area contributed by atoms with Crippen molar-refractivity contribution in [2.24, 2.45) is 5.92 Å². The minimum Gasteiger partial charge on any atom is -0.506 e. The Morgan fingerprint density at radius 1 is 0.825 bits per heavy atom. The van der Waals surface area contributed by atoms with Gasteiger partial charge in [-0.3, -0.25) is 19.3 Å². The fourth-order valence-corrected chi connectivity index (χ4v) is 8.73. The minimum absolute atomic E-state index is 0.0367. The number of carbonyl (C=O) groups excluding carboxylic acids is 2. The quantitative estimate of drug-likeness (QED) is 0.113. The minimum atomic E-state index is -0.833. The Bertz CT molecular complexity index is 2230. The number of likely N-dealkylation sites (tertiary alicyclic amines) is 1. The predicted molar refractivity (Wildman–Crippen MR) is 217 cm³/mol. The van der Waals surface area contributed by atoms with Crippen LogP contribution in [0.25, 0.3) is 10.9 Å². The Morgan fingerprint density at radius 3 is 2.16 bits per heavy atom. The largest absolute Gasteiger partial charge is 0.506 e. The Balaban J connectivity index is 0.793. The van der Waals surface area contributed by atoms with Crippen LogP contribution >= 0.6 is 0 Å². The van der Waals surface area contributed by atoms with Crippen LogP contribution < -0.4 is 10.9 Å². The average molecular weight is 771 g/mol. The van der Waals surface area contributed by atoms with E-state index in [1.165, 1.54) is 12.1 Å². The third-order valence-corrected chi connectivity index (χ3v) is 12.2. The molecule has 11 heteroatoms. The van der Waals surface area contributed by atoms with Crippen LogP contribution in [0.2, 0.25) is 0 Å². The maximum atomic E-state index is 14.0. The highest BCUT2D eigenvalue weighted by molar-refractivity contribution is 5.94. The number of phenols is 1. The first-order chi connectivity index (χ1) is 27.8. The molecule has 4 aromatic carbocycles. The lowest BCUT2D eigenvalue weighted by Gasteiger charge is -2.46. The number of aliphatic hydroxyl groups is 1. The molecule has 0 saturated carbocycles. The molecule has 4 aliphatic heterocycles. The molecule has 1 aromatic heterocycles. The van der Waals surface area contributed by atoms with Gasteiger partial charge in [-0.15, -0.1) is 0 Å². The van der Waals surface area contributed by atoms with Gasteiger partial charge in [0, 0.05) is 49.7 Å². The van der Waals surface area contributed by atoms with Gasteiger partial charge in [0.1, 0.15) is 11.9 Å². The van der Waals surface area contributed by atoms with Gasteiger partial charge in [0.15, 0.2) is 0 Å². The van der Waals surface area contributed by atoms with Gasteiger partial charge in [0.05, 0.1) is 30.2 Å². The summed E-state index contributed by atoms with van der Waals surface area (Å²) in [6.07, 6.45) is 2.34. The van der Waals surface area contributed by atoms with Crippen LogP contribution in [0.1, 0.15) is 70.0 Å². The number of esters is 1. The zero-order valence-electron chi connectivity index (χ0n) is 32.1. The number of hydrogen-bond acceptors (Lipinski definition) is 9. The number of amides is 1. The normalized spacial score (nSPS) is 20.6. The maximum absolute atomic E-state index is 14.0. The predicted octanol–water partition coefficient (Wildman–Crippen LogP) is 5.59. The Hall–Kier alpha value is -5.33. The summed E-state index contributed by atoms with van der Waals surface area (Å²) in [5, 5.41) is 24.8. The van der Waals surface area contributed by atoms with Crippen LogP contribution in [-0.2, 0) is 39.4 Å². The molecule has 4 aliphatic rings. The molecule has 0 aliphatic carbocycles. The van der Waals surface area contributed by atoms with Crippen LogP contribution in [0, 0.1) is 5.92 Å². The SMILES string of the molecule is O=C(c1ccc(COCc2ccc(CNC[C@H](O)c3ccc(O)c4[nH]c(=O)ccc34)cc2)cc1)N1CCC(C(=O)O[C@H]2CN3CCC2CC3)(c2ccccc2)CC1. The molecule has 0 unspecified atom stereocenters. The van der Waals surface area contributed by atoms with Crippen LogP contribution in [-0.4, -0.2) is 82.2 Å². The fourth-order valence-electron chi connectivity index (χ4n) is 8.73. The highest BCUT2D eigenvalue weighted by Gasteiger charge is 2.47. The molecule has 0 radical (unpaired) electrons. The number of ether oxygens (including phenoxy) is 2. The van der Waals surface area contributed by atoms with Crippen molar-refractivity contribution in [1.82, 2.24) is 20.1 Å². The van der Waals surface area contributed by atoms with Crippen molar-refractivity contribution in [1.29, 1.82) is 0 Å². The highest BCUT2D eigenvalue weighted by atomic mass is 16.5. The van der Waals surface area contributed by atoms with E-state index in [4.69, 9.17) is 9.47 Å². The van der Waals surface area contributed by atoms with E-state index in [-0.39, 0.29) is 35.8 Å². The summed E-state index contributed by atoms with van der Waals surface area (Å²) in [4.78, 5) is 46.2. The monoisotopic (exact) mass is 770 g/mol. The number of pyridine rings is 1. The first-order valence-electron chi connectivity index (χ1n) is 20.0. The van der Waals surface area contributed by atoms with Crippen molar-refractivity contribution in [2.75, 3.05) is 39.3 Å². The number of H-pyrrole nitrogens is 1. The number of phenolic OH excluding ortho intramolecular Hbond substituents is 1. The lowest BCUT2D eigenvalue weighted by atomic mass is 9.72. The fraction of sp³-hybridized carbons (Fsp3) is 0.370. The van der Waals surface area contributed by atoms with Crippen LogP contribution in [0.5, 0.6) is 5.75 Å². The van der Waals surface area contributed by atoms with E-state index in [9.17, 15) is 24.6 Å². The summed E-state index contributed by atoms with van der Waals surface area (Å²) in [6, 6.07) is 31.7. The van der Waals surface area contributed by atoms with E-state index in [0.717, 1.165) is 54.7 Å². The molecule has 2 atom stereocenters. The number of nitrogens with zero attached hydrogens (tertiary/aromatic N) is 2. The topological polar surface area (TPSA) is 144 Å². The number of rotatable bonds is 13. The lowest BCUT2D eigenvalue weighted by molar-refractivity contribution is -0.167. The van der Waals surface area contributed by atoms with E-state index < -0.39 is 11.5 Å². The summed E-state index contributed by atoms with van der Waals surface area (Å²) in [5.41, 5.74) is 4.48. The first kappa shape index (κ1) is 38.5. The van der Waals surface area contributed by atoms with Crippen molar-refractivity contribution >= 4 is 22.8 Å². The van der Waals surface area contributed by atoms with Crippen molar-refractivity contribution in [3.05, 3.63) is 147 Å². The molecule has 4 N–H and O–H groups in total. The van der Waals surface area contributed by atoms with Crippen LogP contribution in [0.4, 0.5) is 0 Å². The van der Waals surface area contributed by atoms with Gasteiger partial charge < -0.3 is 34.9 Å². The first-order valence-corrected chi connectivity index (χ1v) is 20.0. The molecular weight excluding hydrogens is 721 g/mol. The summed E-state index contributed by atoms with van der Waals surface area (Å²) in [5.74, 6) is 0.215. The zero-order chi connectivity index (χ0) is 39.4. The zero-order valence-corrected chi connectivity index (χ0v) is 32.1. The molecule has 5 aromatic rings. The molecule has 2 bridgehead atoms. The van der Waals surface area contributed by atoms with E-state index >= 15 is 0 Å². The summed E-state index contributed by atoms with van der Waals surface area (Å²) >= 11 is 0. The van der Waals surface area contributed by atoms with E-state index in [0.29, 0.717) is 73.6 Å². The summed E-state index contributed by atoms with van der Waals surface area (Å²) in [7, 11) is 0. The molecule has 0 spiro atoms. The van der Waals surface area contributed by atoms with Gasteiger partial charge in [-0.1, -0.05) is 72.8 Å².